The van der Waals surface area contributed by atoms with Crippen LogP contribution in [0, 0.1) is 17.3 Å². The third kappa shape index (κ3) is 3.05. The van der Waals surface area contributed by atoms with E-state index < -0.39 is 40.9 Å². The van der Waals surface area contributed by atoms with E-state index in [4.69, 9.17) is 0 Å². The average molecular weight is 390 g/mol. The van der Waals surface area contributed by atoms with Crippen molar-refractivity contribution in [3.63, 3.8) is 0 Å². The van der Waals surface area contributed by atoms with Gasteiger partial charge in [-0.15, -0.1) is 0 Å². The zero-order valence-corrected chi connectivity index (χ0v) is 16.4. The number of hydrogen-bond donors (Lipinski definition) is 0. The van der Waals surface area contributed by atoms with E-state index >= 15 is 0 Å². The highest BCUT2D eigenvalue weighted by molar-refractivity contribution is 6.22. The lowest BCUT2D eigenvalue weighted by atomic mass is 9.62. The van der Waals surface area contributed by atoms with Gasteiger partial charge >= 0.3 is 0 Å². The Balaban J connectivity index is 1.69. The molecule has 29 heavy (non-hydrogen) atoms. The first-order valence-corrected chi connectivity index (χ1v) is 9.60. The van der Waals surface area contributed by atoms with E-state index in [1.165, 1.54) is 0 Å². The quantitative estimate of drug-likeness (QED) is 0.593. The number of amides is 4. The van der Waals surface area contributed by atoms with Gasteiger partial charge in [-0.05, 0) is 11.1 Å². The second kappa shape index (κ2) is 6.95. The number of benzene rings is 2. The predicted octanol–water partition coefficient (Wildman–Crippen LogP) is 2.38. The minimum atomic E-state index is -1.06. The van der Waals surface area contributed by atoms with Gasteiger partial charge in [-0.2, -0.15) is 0 Å². The van der Waals surface area contributed by atoms with Gasteiger partial charge in [-0.25, -0.2) is 0 Å². The van der Waals surface area contributed by atoms with Crippen molar-refractivity contribution in [1.82, 2.24) is 9.80 Å². The highest BCUT2D eigenvalue weighted by atomic mass is 16.2. The van der Waals surface area contributed by atoms with Crippen molar-refractivity contribution in [1.29, 1.82) is 0 Å². The SMILES string of the molecule is CC1(C)C2C(=O)N(Cc3ccccc3)C(=O)C1C(=O)N(Cc1ccccc1)C2=O. The van der Waals surface area contributed by atoms with Crippen molar-refractivity contribution >= 4 is 23.6 Å². The largest absolute Gasteiger partial charge is 0.277 e. The number of nitrogens with zero attached hydrogens (tertiary/aromatic N) is 2. The molecule has 0 unspecified atom stereocenters. The molecule has 2 bridgehead atoms. The van der Waals surface area contributed by atoms with E-state index in [1.807, 2.05) is 36.4 Å². The summed E-state index contributed by atoms with van der Waals surface area (Å²) in [4.78, 5) is 55.1. The molecular formula is C23H22N2O4. The van der Waals surface area contributed by atoms with Crippen LogP contribution in [0.3, 0.4) is 0 Å². The molecule has 0 atom stereocenters. The molecule has 0 N–H and O–H groups in total. The Hall–Kier alpha value is -3.28. The first-order chi connectivity index (χ1) is 13.8. The van der Waals surface area contributed by atoms with Gasteiger partial charge < -0.3 is 0 Å². The Bertz CT molecular complexity index is 873. The van der Waals surface area contributed by atoms with Gasteiger partial charge in [0.25, 0.3) is 0 Å². The number of fused-ring (bicyclic) bond motifs is 2. The monoisotopic (exact) mass is 390 g/mol. The maximum atomic E-state index is 13.2. The number of carbonyl (C=O) groups is 4. The molecule has 6 nitrogen and oxygen atoms in total. The van der Waals surface area contributed by atoms with Crippen molar-refractivity contribution < 1.29 is 19.2 Å². The lowest BCUT2D eigenvalue weighted by Crippen LogP contribution is -2.69. The van der Waals surface area contributed by atoms with Crippen LogP contribution in [0.15, 0.2) is 60.7 Å². The van der Waals surface area contributed by atoms with E-state index in [0.717, 1.165) is 20.9 Å². The molecule has 0 aromatic heterocycles. The Labute approximate surface area is 169 Å². The maximum absolute atomic E-state index is 13.2. The number of likely N-dealkylation sites (tertiary alicyclic amines) is 2. The zero-order chi connectivity index (χ0) is 20.8. The highest BCUT2D eigenvalue weighted by Crippen LogP contribution is 2.47. The molecule has 0 radical (unpaired) electrons. The molecule has 4 rings (SSSR count). The summed E-state index contributed by atoms with van der Waals surface area (Å²) in [5.41, 5.74) is 0.490. The summed E-state index contributed by atoms with van der Waals surface area (Å²) in [5, 5.41) is 0. The average Bonchev–Trinajstić information content (AvgIpc) is 2.69. The summed E-state index contributed by atoms with van der Waals surface area (Å²) in [6, 6.07) is 18.2. The zero-order valence-electron chi connectivity index (χ0n) is 16.4. The van der Waals surface area contributed by atoms with Crippen LogP contribution in [-0.2, 0) is 32.3 Å². The molecule has 148 valence electrons. The molecule has 2 aromatic carbocycles. The Morgan fingerprint density at radius 3 is 1.24 bits per heavy atom. The van der Waals surface area contributed by atoms with Crippen LogP contribution in [0.1, 0.15) is 25.0 Å². The highest BCUT2D eigenvalue weighted by Gasteiger charge is 2.64. The van der Waals surface area contributed by atoms with Crippen LogP contribution in [0.25, 0.3) is 0 Å². The molecule has 2 aromatic rings. The molecule has 2 aliphatic heterocycles. The number of hydrogen-bond acceptors (Lipinski definition) is 4. The molecule has 6 heteroatoms. The molecule has 0 aliphatic carbocycles. The van der Waals surface area contributed by atoms with Crippen molar-refractivity contribution in [2.75, 3.05) is 0 Å². The van der Waals surface area contributed by atoms with Gasteiger partial charge in [-0.1, -0.05) is 74.5 Å². The van der Waals surface area contributed by atoms with Crippen LogP contribution in [0.5, 0.6) is 0 Å². The van der Waals surface area contributed by atoms with Gasteiger partial charge in [0.05, 0.1) is 13.1 Å². The van der Waals surface area contributed by atoms with E-state index in [2.05, 4.69) is 0 Å². The van der Waals surface area contributed by atoms with Crippen molar-refractivity contribution in [3.8, 4) is 0 Å². The van der Waals surface area contributed by atoms with Crippen molar-refractivity contribution in [2.45, 2.75) is 26.9 Å². The fraction of sp³-hybridized carbons (Fsp3) is 0.304. The summed E-state index contributed by atoms with van der Waals surface area (Å²) in [5.74, 6) is -4.25. The van der Waals surface area contributed by atoms with Crippen molar-refractivity contribution in [2.24, 2.45) is 17.3 Å². The lowest BCUT2D eigenvalue weighted by molar-refractivity contribution is -0.185. The number of carbonyl (C=O) groups excluding carboxylic acids is 4. The minimum Gasteiger partial charge on any atom is -0.277 e. The van der Waals surface area contributed by atoms with Gasteiger partial charge in [0.2, 0.25) is 23.6 Å². The van der Waals surface area contributed by atoms with Crippen LogP contribution in [0.2, 0.25) is 0 Å². The van der Waals surface area contributed by atoms with E-state index in [-0.39, 0.29) is 13.1 Å². The molecule has 4 amide bonds. The smallest absolute Gasteiger partial charge is 0.242 e. The number of rotatable bonds is 4. The molecule has 2 fully saturated rings. The standard InChI is InChI=1S/C23H22N2O4/c1-23(2)17-19(26)24(13-15-9-5-3-6-10-15)20(27)18(23)22(29)25(21(17)28)14-16-11-7-4-8-12-16/h3-12,17-18H,13-14H2,1-2H3. The second-order valence-electron chi connectivity index (χ2n) is 8.18. The Kier molecular flexibility index (Phi) is 4.57. The summed E-state index contributed by atoms with van der Waals surface area (Å²) in [7, 11) is 0. The lowest BCUT2D eigenvalue weighted by Gasteiger charge is -2.51. The van der Waals surface area contributed by atoms with E-state index in [0.29, 0.717) is 0 Å². The third-order valence-electron chi connectivity index (χ3n) is 5.91. The number of piperidine rings is 2. The summed E-state index contributed by atoms with van der Waals surface area (Å²) < 4.78 is 0. The maximum Gasteiger partial charge on any atom is 0.242 e. The Morgan fingerprint density at radius 2 is 0.931 bits per heavy atom. The van der Waals surface area contributed by atoms with Gasteiger partial charge in [0.15, 0.2) is 0 Å². The fourth-order valence-corrected chi connectivity index (χ4v) is 4.34. The molecule has 2 saturated heterocycles. The first-order valence-electron chi connectivity index (χ1n) is 9.60. The van der Waals surface area contributed by atoms with Crippen molar-refractivity contribution in [3.05, 3.63) is 71.8 Å². The van der Waals surface area contributed by atoms with Gasteiger partial charge in [0.1, 0.15) is 11.8 Å². The van der Waals surface area contributed by atoms with E-state index in [1.54, 1.807) is 38.1 Å². The van der Waals surface area contributed by atoms with Crippen LogP contribution < -0.4 is 0 Å². The Morgan fingerprint density at radius 1 is 0.621 bits per heavy atom. The minimum absolute atomic E-state index is 0.0564. The third-order valence-corrected chi connectivity index (χ3v) is 5.91. The van der Waals surface area contributed by atoms with Crippen LogP contribution >= 0.6 is 0 Å². The first kappa shape index (κ1) is 19.1. The normalized spacial score (nSPS) is 23.5. The predicted molar refractivity (Wildman–Crippen MR) is 105 cm³/mol. The molecule has 0 saturated carbocycles. The fourth-order valence-electron chi connectivity index (χ4n) is 4.34. The van der Waals surface area contributed by atoms with Gasteiger partial charge in [0, 0.05) is 5.41 Å². The van der Waals surface area contributed by atoms with Crippen LogP contribution in [0.4, 0.5) is 0 Å². The van der Waals surface area contributed by atoms with E-state index in [9.17, 15) is 19.2 Å². The summed E-state index contributed by atoms with van der Waals surface area (Å²) in [6.07, 6.45) is 0. The second-order valence-corrected chi connectivity index (χ2v) is 8.18. The van der Waals surface area contributed by atoms with Crippen LogP contribution in [-0.4, -0.2) is 33.4 Å². The number of imide groups is 2. The topological polar surface area (TPSA) is 74.8 Å². The molecule has 2 aliphatic rings. The molecule has 2 heterocycles. The summed E-state index contributed by atoms with van der Waals surface area (Å²) >= 11 is 0. The molecule has 0 spiro atoms. The molecular weight excluding hydrogens is 368 g/mol. The summed E-state index contributed by atoms with van der Waals surface area (Å²) in [6.45, 7) is 3.43. The van der Waals surface area contributed by atoms with Gasteiger partial charge in [-0.3, -0.25) is 29.0 Å².